The first-order chi connectivity index (χ1) is 20.4. The molecular formula is C33H45ClN4O5. The maximum Gasteiger partial charge on any atom is 0.275 e. The lowest BCUT2D eigenvalue weighted by molar-refractivity contribution is -0.0893. The minimum atomic E-state index is -1.03. The van der Waals surface area contributed by atoms with Crippen molar-refractivity contribution in [2.75, 3.05) is 40.0 Å². The van der Waals surface area contributed by atoms with E-state index < -0.39 is 5.60 Å². The Labute approximate surface area is 261 Å². The highest BCUT2D eigenvalue weighted by Gasteiger charge is 2.42. The van der Waals surface area contributed by atoms with Crippen LogP contribution in [0.1, 0.15) is 62.5 Å². The van der Waals surface area contributed by atoms with E-state index in [0.717, 1.165) is 36.3 Å². The number of carbonyl (C=O) groups excluding carboxylic acids is 1. The smallest absolute Gasteiger partial charge is 0.275 e. The van der Waals surface area contributed by atoms with E-state index in [2.05, 4.69) is 5.32 Å². The van der Waals surface area contributed by atoms with Crippen molar-refractivity contribution >= 4 is 18.3 Å². The lowest BCUT2D eigenvalue weighted by Crippen LogP contribution is -2.54. The van der Waals surface area contributed by atoms with E-state index in [0.29, 0.717) is 50.5 Å². The van der Waals surface area contributed by atoms with Crippen LogP contribution in [0.15, 0.2) is 60.9 Å². The van der Waals surface area contributed by atoms with Gasteiger partial charge in [0.25, 0.3) is 5.91 Å². The highest BCUT2D eigenvalue weighted by Crippen LogP contribution is 2.41. The zero-order valence-corrected chi connectivity index (χ0v) is 26.2. The fourth-order valence-corrected chi connectivity index (χ4v) is 6.30. The van der Waals surface area contributed by atoms with Gasteiger partial charge in [0.15, 0.2) is 17.2 Å². The summed E-state index contributed by atoms with van der Waals surface area (Å²) in [6, 6.07) is 17.3. The average molecular weight is 613 g/mol. The number of carbonyl (C=O) groups is 1. The lowest BCUT2D eigenvalue weighted by Gasteiger charge is -2.41. The van der Waals surface area contributed by atoms with Crippen molar-refractivity contribution in [3.05, 3.63) is 66.6 Å². The molecule has 43 heavy (non-hydrogen) atoms. The summed E-state index contributed by atoms with van der Waals surface area (Å²) in [5.74, 6) is 1.32. The number of ether oxygens (including phenoxy) is 3. The number of halogens is 1. The van der Waals surface area contributed by atoms with Crippen molar-refractivity contribution in [1.82, 2.24) is 19.8 Å². The largest absolute Gasteiger partial charge is 0.490 e. The van der Waals surface area contributed by atoms with Crippen molar-refractivity contribution in [1.29, 1.82) is 0 Å². The quantitative estimate of drug-likeness (QED) is 0.310. The number of imidazole rings is 1. The van der Waals surface area contributed by atoms with E-state index in [1.807, 2.05) is 77.9 Å². The van der Waals surface area contributed by atoms with Gasteiger partial charge in [0.05, 0.1) is 37.4 Å². The first-order valence-electron chi connectivity index (χ1n) is 15.1. The van der Waals surface area contributed by atoms with Crippen molar-refractivity contribution in [3.63, 3.8) is 0 Å². The van der Waals surface area contributed by atoms with E-state index in [9.17, 15) is 9.90 Å². The summed E-state index contributed by atoms with van der Waals surface area (Å²) in [5.41, 5.74) is 1.04. The number of benzene rings is 2. The van der Waals surface area contributed by atoms with Gasteiger partial charge < -0.3 is 34.1 Å². The van der Waals surface area contributed by atoms with Gasteiger partial charge in [-0.05, 0) is 38.8 Å². The molecule has 1 aliphatic heterocycles. The van der Waals surface area contributed by atoms with Gasteiger partial charge in [-0.3, -0.25) is 4.79 Å². The summed E-state index contributed by atoms with van der Waals surface area (Å²) < 4.78 is 19.5. The van der Waals surface area contributed by atoms with Gasteiger partial charge in [0, 0.05) is 44.8 Å². The number of nitrogens with zero attached hydrogens (tertiary/aromatic N) is 3. The fourth-order valence-electron chi connectivity index (χ4n) is 6.30. The second-order valence-corrected chi connectivity index (χ2v) is 11.6. The van der Waals surface area contributed by atoms with Crippen LogP contribution < -0.4 is 14.8 Å². The second-order valence-electron chi connectivity index (χ2n) is 11.6. The molecule has 3 aromatic rings. The summed E-state index contributed by atoms with van der Waals surface area (Å²) in [4.78, 5) is 20.9. The number of piperazine rings is 1. The van der Waals surface area contributed by atoms with Crippen LogP contribution in [0.25, 0.3) is 11.3 Å². The Bertz CT molecular complexity index is 1320. The number of nitrogens with one attached hydrogen (secondary N) is 1. The van der Waals surface area contributed by atoms with Crippen molar-refractivity contribution in [2.45, 2.75) is 69.7 Å². The Hall–Kier alpha value is -3.11. The zero-order valence-electron chi connectivity index (χ0n) is 25.4. The number of hydrogen-bond donors (Lipinski definition) is 2. The van der Waals surface area contributed by atoms with Gasteiger partial charge in [-0.2, -0.15) is 0 Å². The van der Waals surface area contributed by atoms with E-state index >= 15 is 0 Å². The molecule has 0 bridgehead atoms. The Kier molecular flexibility index (Phi) is 11.5. The first kappa shape index (κ1) is 32.8. The molecule has 2 N–H and O–H groups in total. The molecule has 9 nitrogen and oxygen atoms in total. The maximum atomic E-state index is 14.3. The topological polar surface area (TPSA) is 98.1 Å². The average Bonchev–Trinajstić information content (AvgIpc) is 3.43. The zero-order chi connectivity index (χ0) is 29.5. The highest BCUT2D eigenvalue weighted by atomic mass is 35.5. The molecule has 0 spiro atoms. The highest BCUT2D eigenvalue weighted by molar-refractivity contribution is 5.98. The van der Waals surface area contributed by atoms with Gasteiger partial charge >= 0.3 is 0 Å². The standard InChI is InChI=1S/C33H44N4O5.ClH/c1-24(2)42-28-14-8-7-13-27(28)41-20-16-26-21-34-18-19-36(26)32(38)30-31(25-11-5-4-6-12-25)37(23-35-30)29-15-9-10-17-33(29,39)22-40-3;/h4-8,11-14,23-24,26,29,34,39H,9-10,15-22H2,1-3H3;1H/t26-,29-,33-;/m1./s1. The molecule has 2 fully saturated rings. The summed E-state index contributed by atoms with van der Waals surface area (Å²) in [7, 11) is 1.62. The Balaban J connectivity index is 0.00000423. The van der Waals surface area contributed by atoms with E-state index in [1.165, 1.54) is 0 Å². The van der Waals surface area contributed by atoms with Gasteiger partial charge in [-0.15, -0.1) is 12.4 Å². The molecule has 1 saturated carbocycles. The maximum absolute atomic E-state index is 14.3. The molecule has 1 amide bonds. The van der Waals surface area contributed by atoms with Crippen molar-refractivity contribution in [2.24, 2.45) is 0 Å². The third kappa shape index (κ3) is 7.52. The normalized spacial score (nSPS) is 22.2. The third-order valence-corrected chi connectivity index (χ3v) is 8.26. The fraction of sp³-hybridized carbons (Fsp3) is 0.515. The molecule has 1 aromatic heterocycles. The van der Waals surface area contributed by atoms with Crippen molar-refractivity contribution < 1.29 is 24.1 Å². The monoisotopic (exact) mass is 612 g/mol. The summed E-state index contributed by atoms with van der Waals surface area (Å²) in [5, 5.41) is 15.1. The van der Waals surface area contributed by atoms with Gasteiger partial charge in [0.2, 0.25) is 0 Å². The molecule has 0 unspecified atom stereocenters. The molecule has 234 valence electrons. The Morgan fingerprint density at radius 1 is 1.12 bits per heavy atom. The van der Waals surface area contributed by atoms with Crippen LogP contribution in [-0.2, 0) is 4.74 Å². The van der Waals surface area contributed by atoms with E-state index in [1.54, 1.807) is 13.4 Å². The Morgan fingerprint density at radius 3 is 2.60 bits per heavy atom. The van der Waals surface area contributed by atoms with Crippen LogP contribution >= 0.6 is 12.4 Å². The molecule has 3 atom stereocenters. The van der Waals surface area contributed by atoms with Crippen LogP contribution in [0, 0.1) is 0 Å². The molecule has 1 aliphatic carbocycles. The molecule has 2 aromatic carbocycles. The minimum Gasteiger partial charge on any atom is -0.490 e. The van der Waals surface area contributed by atoms with Crippen LogP contribution in [0.5, 0.6) is 11.5 Å². The predicted molar refractivity (Wildman–Crippen MR) is 169 cm³/mol. The van der Waals surface area contributed by atoms with Gasteiger partial charge in [-0.25, -0.2) is 4.98 Å². The number of rotatable bonds is 11. The molecule has 5 rings (SSSR count). The van der Waals surface area contributed by atoms with E-state index in [-0.39, 0.29) is 43.1 Å². The second kappa shape index (κ2) is 15.1. The molecular weight excluding hydrogens is 568 g/mol. The van der Waals surface area contributed by atoms with Gasteiger partial charge in [-0.1, -0.05) is 55.3 Å². The predicted octanol–water partition coefficient (Wildman–Crippen LogP) is 5.13. The lowest BCUT2D eigenvalue weighted by atomic mass is 9.80. The van der Waals surface area contributed by atoms with E-state index in [4.69, 9.17) is 19.2 Å². The van der Waals surface area contributed by atoms with Crippen molar-refractivity contribution in [3.8, 4) is 22.8 Å². The summed E-state index contributed by atoms with van der Waals surface area (Å²) in [6.45, 7) is 6.63. The molecule has 2 heterocycles. The molecule has 0 radical (unpaired) electrons. The number of methoxy groups -OCH3 is 1. The van der Waals surface area contributed by atoms with Crippen LogP contribution in [-0.4, -0.2) is 83.2 Å². The first-order valence-corrected chi connectivity index (χ1v) is 15.1. The Morgan fingerprint density at radius 2 is 1.86 bits per heavy atom. The van der Waals surface area contributed by atoms with Crippen LogP contribution in [0.2, 0.25) is 0 Å². The summed E-state index contributed by atoms with van der Waals surface area (Å²) >= 11 is 0. The molecule has 2 aliphatic rings. The SMILES string of the molecule is COC[C@]1(O)CCCC[C@H]1n1cnc(C(=O)N2CCNC[C@H]2CCOc2ccccc2OC(C)C)c1-c1ccccc1.Cl. The number of aromatic nitrogens is 2. The summed E-state index contributed by atoms with van der Waals surface area (Å²) in [6.07, 6.45) is 5.81. The molecule has 1 saturated heterocycles. The van der Waals surface area contributed by atoms with Gasteiger partial charge in [0.1, 0.15) is 5.60 Å². The van der Waals surface area contributed by atoms with Crippen LogP contribution in [0.3, 0.4) is 0 Å². The minimum absolute atomic E-state index is 0. The number of amides is 1. The number of para-hydroxylation sites is 2. The molecule has 10 heteroatoms. The number of hydrogen-bond acceptors (Lipinski definition) is 7. The number of aliphatic hydroxyl groups is 1. The van der Waals surface area contributed by atoms with Crippen LogP contribution in [0.4, 0.5) is 0 Å². The third-order valence-electron chi connectivity index (χ3n) is 8.26.